The summed E-state index contributed by atoms with van der Waals surface area (Å²) in [5, 5.41) is 12.7. The van der Waals surface area contributed by atoms with Crippen LogP contribution in [-0.4, -0.2) is 11.9 Å². The Morgan fingerprint density at radius 2 is 1.65 bits per heavy atom. The van der Waals surface area contributed by atoms with Gasteiger partial charge in [0.15, 0.2) is 11.5 Å². The van der Waals surface area contributed by atoms with E-state index in [-0.39, 0.29) is 6.61 Å². The van der Waals surface area contributed by atoms with Gasteiger partial charge in [0.2, 0.25) is 6.79 Å². The minimum Gasteiger partial charge on any atom is -0.454 e. The molecule has 104 valence electrons. The van der Waals surface area contributed by atoms with Gasteiger partial charge in [0.05, 0.1) is 6.61 Å². The molecule has 0 unspecified atom stereocenters. The number of rotatable bonds is 5. The zero-order valence-electron chi connectivity index (χ0n) is 11.1. The maximum Gasteiger partial charge on any atom is 0.231 e. The molecule has 1 heterocycles. The highest BCUT2D eigenvalue weighted by molar-refractivity contribution is 5.48. The first-order valence-electron chi connectivity index (χ1n) is 6.64. The summed E-state index contributed by atoms with van der Waals surface area (Å²) in [5.74, 6) is 1.63. The molecule has 0 saturated carbocycles. The lowest BCUT2D eigenvalue weighted by Gasteiger charge is -2.10. The molecule has 1 aliphatic heterocycles. The van der Waals surface area contributed by atoms with Crippen molar-refractivity contribution in [3.8, 4) is 11.5 Å². The summed E-state index contributed by atoms with van der Waals surface area (Å²) in [5.41, 5.74) is 3.15. The van der Waals surface area contributed by atoms with Crippen LogP contribution in [0.3, 0.4) is 0 Å². The molecule has 0 fully saturated rings. The zero-order chi connectivity index (χ0) is 13.8. The van der Waals surface area contributed by atoms with E-state index in [9.17, 15) is 5.11 Å². The Hall–Kier alpha value is -2.04. The number of fused-ring (bicyclic) bond motifs is 1. The Balaban J connectivity index is 1.65. The lowest BCUT2D eigenvalue weighted by molar-refractivity contribution is 0.173. The monoisotopic (exact) mass is 271 g/mol. The van der Waals surface area contributed by atoms with E-state index in [1.54, 1.807) is 0 Å². The first-order valence-corrected chi connectivity index (χ1v) is 6.64. The maximum atomic E-state index is 9.30. The number of ether oxygens (including phenoxy) is 2. The van der Waals surface area contributed by atoms with Crippen LogP contribution >= 0.6 is 0 Å². The Labute approximate surface area is 118 Å². The maximum absolute atomic E-state index is 9.30. The van der Waals surface area contributed by atoms with Gasteiger partial charge in [-0.25, -0.2) is 0 Å². The Morgan fingerprint density at radius 1 is 0.900 bits per heavy atom. The van der Waals surface area contributed by atoms with Crippen molar-refractivity contribution in [3.63, 3.8) is 0 Å². The number of benzene rings is 2. The molecule has 0 bridgehead atoms. The van der Waals surface area contributed by atoms with Crippen LogP contribution in [0.4, 0.5) is 0 Å². The average molecular weight is 271 g/mol. The van der Waals surface area contributed by atoms with Crippen LogP contribution in [0.1, 0.15) is 16.7 Å². The van der Waals surface area contributed by atoms with Gasteiger partial charge >= 0.3 is 0 Å². The number of nitrogens with one attached hydrogen (secondary N) is 1. The topological polar surface area (TPSA) is 50.7 Å². The highest BCUT2D eigenvalue weighted by Crippen LogP contribution is 2.35. The van der Waals surface area contributed by atoms with E-state index in [4.69, 9.17) is 9.47 Å². The van der Waals surface area contributed by atoms with Crippen LogP contribution in [0.15, 0.2) is 42.5 Å². The molecular weight excluding hydrogens is 254 g/mol. The smallest absolute Gasteiger partial charge is 0.231 e. The van der Waals surface area contributed by atoms with E-state index in [2.05, 4.69) is 5.32 Å². The third kappa shape index (κ3) is 2.61. The summed E-state index contributed by atoms with van der Waals surface area (Å²) in [6.07, 6.45) is 0. The van der Waals surface area contributed by atoms with Crippen LogP contribution in [0.5, 0.6) is 11.5 Å². The number of hydrogen-bond donors (Lipinski definition) is 2. The molecular formula is C16H17NO3. The van der Waals surface area contributed by atoms with E-state index < -0.39 is 0 Å². The van der Waals surface area contributed by atoms with Crippen molar-refractivity contribution in [2.75, 3.05) is 6.79 Å². The van der Waals surface area contributed by atoms with Crippen molar-refractivity contribution in [2.45, 2.75) is 19.7 Å². The van der Waals surface area contributed by atoms with Crippen LogP contribution < -0.4 is 14.8 Å². The second-order valence-corrected chi connectivity index (χ2v) is 4.68. The summed E-state index contributed by atoms with van der Waals surface area (Å²) >= 11 is 0. The molecule has 0 atom stereocenters. The molecule has 4 nitrogen and oxygen atoms in total. The normalized spacial score (nSPS) is 12.7. The van der Waals surface area contributed by atoms with Crippen LogP contribution in [0, 0.1) is 0 Å². The molecule has 2 aromatic carbocycles. The van der Waals surface area contributed by atoms with Gasteiger partial charge < -0.3 is 19.9 Å². The van der Waals surface area contributed by atoms with Crippen molar-refractivity contribution in [3.05, 3.63) is 59.2 Å². The highest BCUT2D eigenvalue weighted by Gasteiger charge is 2.16. The molecule has 2 aromatic rings. The van der Waals surface area contributed by atoms with E-state index >= 15 is 0 Å². The fourth-order valence-electron chi connectivity index (χ4n) is 2.35. The molecule has 1 aliphatic rings. The largest absolute Gasteiger partial charge is 0.454 e. The van der Waals surface area contributed by atoms with Gasteiger partial charge in [0, 0.05) is 18.7 Å². The van der Waals surface area contributed by atoms with Gasteiger partial charge in [-0.1, -0.05) is 36.4 Å². The minimum absolute atomic E-state index is 0.0650. The lowest BCUT2D eigenvalue weighted by Crippen LogP contribution is -2.14. The Bertz CT molecular complexity index is 598. The molecule has 4 heteroatoms. The molecule has 0 amide bonds. The van der Waals surface area contributed by atoms with Crippen LogP contribution in [0.25, 0.3) is 0 Å². The van der Waals surface area contributed by atoms with E-state index in [1.165, 1.54) is 0 Å². The summed E-state index contributed by atoms with van der Waals surface area (Å²) < 4.78 is 10.8. The summed E-state index contributed by atoms with van der Waals surface area (Å²) in [7, 11) is 0. The zero-order valence-corrected chi connectivity index (χ0v) is 11.1. The molecule has 0 saturated heterocycles. The molecule has 0 spiro atoms. The molecule has 2 N–H and O–H groups in total. The lowest BCUT2D eigenvalue weighted by atomic mass is 10.1. The second kappa shape index (κ2) is 5.94. The van der Waals surface area contributed by atoms with Crippen molar-refractivity contribution in [1.82, 2.24) is 5.32 Å². The van der Waals surface area contributed by atoms with Crippen LogP contribution in [0.2, 0.25) is 0 Å². The van der Waals surface area contributed by atoms with Crippen molar-refractivity contribution in [2.24, 2.45) is 0 Å². The number of para-hydroxylation sites is 1. The fourth-order valence-corrected chi connectivity index (χ4v) is 2.35. The quantitative estimate of drug-likeness (QED) is 0.875. The molecule has 0 aliphatic carbocycles. The SMILES string of the molecule is OCc1ccccc1CNCc1cccc2c1OCO2. The predicted molar refractivity (Wildman–Crippen MR) is 75.5 cm³/mol. The van der Waals surface area contributed by atoms with Gasteiger partial charge in [0.25, 0.3) is 0 Å². The number of hydrogen-bond acceptors (Lipinski definition) is 4. The summed E-state index contributed by atoms with van der Waals surface area (Å²) in [6, 6.07) is 13.8. The van der Waals surface area contributed by atoms with Gasteiger partial charge in [0.1, 0.15) is 0 Å². The third-order valence-corrected chi connectivity index (χ3v) is 3.40. The standard InChI is InChI=1S/C16H17NO3/c18-10-14-5-2-1-4-12(14)8-17-9-13-6-3-7-15-16(13)20-11-19-15/h1-7,17-18H,8-11H2. The summed E-state index contributed by atoms with van der Waals surface area (Å²) in [4.78, 5) is 0. The fraction of sp³-hybridized carbons (Fsp3) is 0.250. The van der Waals surface area contributed by atoms with Gasteiger partial charge in [-0.15, -0.1) is 0 Å². The van der Waals surface area contributed by atoms with E-state index in [0.717, 1.165) is 28.2 Å². The average Bonchev–Trinajstić information content (AvgIpc) is 2.97. The molecule has 0 aromatic heterocycles. The third-order valence-electron chi connectivity index (χ3n) is 3.40. The molecule has 3 rings (SSSR count). The van der Waals surface area contributed by atoms with Gasteiger partial charge in [-0.3, -0.25) is 0 Å². The van der Waals surface area contributed by atoms with Crippen molar-refractivity contribution >= 4 is 0 Å². The van der Waals surface area contributed by atoms with Crippen LogP contribution in [-0.2, 0) is 19.7 Å². The van der Waals surface area contributed by atoms with Crippen molar-refractivity contribution in [1.29, 1.82) is 0 Å². The number of aliphatic hydroxyl groups excluding tert-OH is 1. The second-order valence-electron chi connectivity index (χ2n) is 4.68. The molecule has 0 radical (unpaired) electrons. The first kappa shape index (κ1) is 13.0. The van der Waals surface area contributed by atoms with E-state index in [1.807, 2.05) is 42.5 Å². The Morgan fingerprint density at radius 3 is 2.50 bits per heavy atom. The van der Waals surface area contributed by atoms with E-state index in [0.29, 0.717) is 19.9 Å². The predicted octanol–water partition coefficient (Wildman–Crippen LogP) is 2.20. The minimum atomic E-state index is 0.0650. The van der Waals surface area contributed by atoms with Crippen molar-refractivity contribution < 1.29 is 14.6 Å². The van der Waals surface area contributed by atoms with Gasteiger partial charge in [-0.2, -0.15) is 0 Å². The highest BCUT2D eigenvalue weighted by atomic mass is 16.7. The molecule has 20 heavy (non-hydrogen) atoms. The summed E-state index contributed by atoms with van der Waals surface area (Å²) in [6.45, 7) is 1.77. The number of aliphatic hydroxyl groups is 1. The first-order chi connectivity index (χ1) is 9.88. The van der Waals surface area contributed by atoms with Gasteiger partial charge in [-0.05, 0) is 17.2 Å². The Kier molecular flexibility index (Phi) is 3.85.